The first-order chi connectivity index (χ1) is 9.77. The number of ether oxygens (including phenoxy) is 1. The van der Waals surface area contributed by atoms with Crippen LogP contribution in [0.1, 0.15) is 27.2 Å². The number of anilines is 1. The summed E-state index contributed by atoms with van der Waals surface area (Å²) in [6.45, 7) is 7.41. The molecule has 0 heterocycles. The van der Waals surface area contributed by atoms with E-state index in [2.05, 4.69) is 24.1 Å². The molecule has 0 spiro atoms. The Kier molecular flexibility index (Phi) is 5.96. The topological polar surface area (TPSA) is 67.6 Å². The van der Waals surface area contributed by atoms with Gasteiger partial charge in [0, 0.05) is 29.9 Å². The molecule has 1 aromatic rings. The SMILES string of the molecule is CCCOc1cc(NCC(C)(C)N(C)C)ccc1[N+](=O)[O-]. The Hall–Kier alpha value is -1.82. The summed E-state index contributed by atoms with van der Waals surface area (Å²) in [5.41, 5.74) is 0.800. The number of nitrogens with one attached hydrogen (secondary N) is 1. The molecule has 0 aliphatic carbocycles. The first-order valence-electron chi connectivity index (χ1n) is 7.10. The Morgan fingerprint density at radius 1 is 1.38 bits per heavy atom. The van der Waals surface area contributed by atoms with E-state index in [0.29, 0.717) is 12.4 Å². The Labute approximate surface area is 126 Å². The van der Waals surface area contributed by atoms with Gasteiger partial charge in [0.1, 0.15) is 0 Å². The first-order valence-corrected chi connectivity index (χ1v) is 7.10. The zero-order chi connectivity index (χ0) is 16.0. The molecular weight excluding hydrogens is 270 g/mol. The number of hydrogen-bond donors (Lipinski definition) is 1. The smallest absolute Gasteiger partial charge is 0.311 e. The second-order valence-electron chi connectivity index (χ2n) is 5.85. The summed E-state index contributed by atoms with van der Waals surface area (Å²) in [5.74, 6) is 0.314. The summed E-state index contributed by atoms with van der Waals surface area (Å²) < 4.78 is 5.48. The Morgan fingerprint density at radius 3 is 2.57 bits per heavy atom. The van der Waals surface area contributed by atoms with Crippen LogP contribution in [0.25, 0.3) is 0 Å². The fourth-order valence-electron chi connectivity index (χ4n) is 1.58. The van der Waals surface area contributed by atoms with Gasteiger partial charge in [0.2, 0.25) is 0 Å². The Balaban J connectivity index is 2.87. The van der Waals surface area contributed by atoms with Crippen LogP contribution in [0.5, 0.6) is 5.75 Å². The highest BCUT2D eigenvalue weighted by Gasteiger charge is 2.21. The lowest BCUT2D eigenvalue weighted by Gasteiger charge is -2.33. The molecule has 0 unspecified atom stereocenters. The number of benzene rings is 1. The molecule has 0 aliphatic heterocycles. The second-order valence-corrected chi connectivity index (χ2v) is 5.85. The predicted octanol–water partition coefficient (Wildman–Crippen LogP) is 3.14. The van der Waals surface area contributed by atoms with Crippen molar-refractivity contribution in [1.82, 2.24) is 4.90 Å². The van der Waals surface area contributed by atoms with Gasteiger partial charge in [-0.1, -0.05) is 6.92 Å². The van der Waals surface area contributed by atoms with E-state index in [0.717, 1.165) is 18.7 Å². The van der Waals surface area contributed by atoms with E-state index in [1.807, 2.05) is 21.0 Å². The van der Waals surface area contributed by atoms with Gasteiger partial charge < -0.3 is 15.0 Å². The van der Waals surface area contributed by atoms with E-state index in [4.69, 9.17) is 4.74 Å². The van der Waals surface area contributed by atoms with Gasteiger partial charge in [-0.2, -0.15) is 0 Å². The van der Waals surface area contributed by atoms with Crippen molar-refractivity contribution in [2.24, 2.45) is 0 Å². The van der Waals surface area contributed by atoms with Crippen molar-refractivity contribution in [2.45, 2.75) is 32.7 Å². The normalized spacial score (nSPS) is 11.5. The summed E-state index contributed by atoms with van der Waals surface area (Å²) in [5, 5.41) is 14.3. The molecule has 1 aromatic carbocycles. The van der Waals surface area contributed by atoms with Gasteiger partial charge in [0.25, 0.3) is 0 Å². The molecule has 21 heavy (non-hydrogen) atoms. The number of likely N-dealkylation sites (N-methyl/N-ethyl adjacent to an activating group) is 1. The first kappa shape index (κ1) is 17.2. The minimum absolute atomic E-state index is 0.000805. The highest BCUT2D eigenvalue weighted by molar-refractivity contribution is 5.58. The van der Waals surface area contributed by atoms with Crippen LogP contribution in [0, 0.1) is 10.1 Å². The number of nitro groups is 1. The average Bonchev–Trinajstić information content (AvgIpc) is 2.42. The van der Waals surface area contributed by atoms with E-state index in [-0.39, 0.29) is 11.2 Å². The van der Waals surface area contributed by atoms with E-state index >= 15 is 0 Å². The lowest BCUT2D eigenvalue weighted by Crippen LogP contribution is -2.44. The molecule has 0 saturated carbocycles. The van der Waals surface area contributed by atoms with Crippen LogP contribution >= 0.6 is 0 Å². The minimum atomic E-state index is -0.418. The van der Waals surface area contributed by atoms with Crippen LogP contribution in [0.4, 0.5) is 11.4 Å². The standard InChI is InChI=1S/C15H25N3O3/c1-6-9-21-14-10-12(7-8-13(14)18(19)20)16-11-15(2,3)17(4)5/h7-8,10,16H,6,9,11H2,1-5H3. The van der Waals surface area contributed by atoms with Crippen LogP contribution < -0.4 is 10.1 Å². The van der Waals surface area contributed by atoms with Gasteiger partial charge in [-0.25, -0.2) is 0 Å². The molecule has 0 radical (unpaired) electrons. The number of nitrogens with zero attached hydrogens (tertiary/aromatic N) is 2. The third kappa shape index (κ3) is 4.90. The highest BCUT2D eigenvalue weighted by Crippen LogP contribution is 2.30. The average molecular weight is 295 g/mol. The predicted molar refractivity (Wildman–Crippen MR) is 85.1 cm³/mol. The quantitative estimate of drug-likeness (QED) is 0.589. The molecule has 1 N–H and O–H groups in total. The minimum Gasteiger partial charge on any atom is -0.487 e. The summed E-state index contributed by atoms with van der Waals surface area (Å²) >= 11 is 0. The lowest BCUT2D eigenvalue weighted by atomic mass is 10.0. The zero-order valence-corrected chi connectivity index (χ0v) is 13.5. The summed E-state index contributed by atoms with van der Waals surface area (Å²) in [6, 6.07) is 4.89. The fraction of sp³-hybridized carbons (Fsp3) is 0.600. The number of hydrogen-bond acceptors (Lipinski definition) is 5. The summed E-state index contributed by atoms with van der Waals surface area (Å²) in [4.78, 5) is 12.7. The van der Waals surface area contributed by atoms with Crippen molar-refractivity contribution in [1.29, 1.82) is 0 Å². The van der Waals surface area contributed by atoms with Crippen molar-refractivity contribution >= 4 is 11.4 Å². The molecule has 0 saturated heterocycles. The molecule has 6 heteroatoms. The van der Waals surface area contributed by atoms with E-state index in [1.54, 1.807) is 12.1 Å². The van der Waals surface area contributed by atoms with Crippen molar-refractivity contribution in [3.63, 3.8) is 0 Å². The zero-order valence-electron chi connectivity index (χ0n) is 13.5. The molecule has 6 nitrogen and oxygen atoms in total. The van der Waals surface area contributed by atoms with Crippen LogP contribution in [-0.4, -0.2) is 42.6 Å². The van der Waals surface area contributed by atoms with Gasteiger partial charge in [-0.15, -0.1) is 0 Å². The van der Waals surface area contributed by atoms with Crippen LogP contribution in [0.15, 0.2) is 18.2 Å². The van der Waals surface area contributed by atoms with Crippen molar-refractivity contribution in [2.75, 3.05) is 32.6 Å². The molecule has 118 valence electrons. The Morgan fingerprint density at radius 2 is 2.05 bits per heavy atom. The maximum Gasteiger partial charge on any atom is 0.311 e. The van der Waals surface area contributed by atoms with Crippen molar-refractivity contribution in [3.8, 4) is 5.75 Å². The largest absolute Gasteiger partial charge is 0.487 e. The van der Waals surface area contributed by atoms with Crippen molar-refractivity contribution < 1.29 is 9.66 Å². The Bertz CT molecular complexity index is 487. The molecule has 0 aromatic heterocycles. The number of nitro benzene ring substituents is 1. The van der Waals surface area contributed by atoms with Gasteiger partial charge >= 0.3 is 5.69 Å². The fourth-order valence-corrected chi connectivity index (χ4v) is 1.58. The van der Waals surface area contributed by atoms with E-state index < -0.39 is 4.92 Å². The molecule has 0 aliphatic rings. The molecular formula is C15H25N3O3. The number of rotatable bonds is 8. The molecule has 0 atom stereocenters. The molecule has 0 bridgehead atoms. The van der Waals surface area contributed by atoms with Gasteiger partial charge in [-0.05, 0) is 40.4 Å². The third-order valence-corrected chi connectivity index (χ3v) is 3.55. The van der Waals surface area contributed by atoms with Gasteiger partial charge in [0.15, 0.2) is 5.75 Å². The molecule has 1 rings (SSSR count). The lowest BCUT2D eigenvalue weighted by molar-refractivity contribution is -0.385. The van der Waals surface area contributed by atoms with Gasteiger partial charge in [0.05, 0.1) is 11.5 Å². The summed E-state index contributed by atoms with van der Waals surface area (Å²) in [7, 11) is 4.04. The third-order valence-electron chi connectivity index (χ3n) is 3.55. The maximum absolute atomic E-state index is 11.0. The van der Waals surface area contributed by atoms with E-state index in [9.17, 15) is 10.1 Å². The molecule has 0 fully saturated rings. The van der Waals surface area contributed by atoms with Crippen LogP contribution in [0.2, 0.25) is 0 Å². The highest BCUT2D eigenvalue weighted by atomic mass is 16.6. The van der Waals surface area contributed by atoms with Crippen LogP contribution in [0.3, 0.4) is 0 Å². The monoisotopic (exact) mass is 295 g/mol. The molecule has 0 amide bonds. The maximum atomic E-state index is 11.0. The second kappa shape index (κ2) is 7.26. The van der Waals surface area contributed by atoms with Gasteiger partial charge in [-0.3, -0.25) is 10.1 Å². The van der Waals surface area contributed by atoms with E-state index in [1.165, 1.54) is 6.07 Å². The van der Waals surface area contributed by atoms with Crippen molar-refractivity contribution in [3.05, 3.63) is 28.3 Å². The summed E-state index contributed by atoms with van der Waals surface area (Å²) in [6.07, 6.45) is 0.808. The van der Waals surface area contributed by atoms with Crippen LogP contribution in [-0.2, 0) is 0 Å².